The molecule has 0 unspecified atom stereocenters. The Labute approximate surface area is 182 Å². The highest BCUT2D eigenvalue weighted by Crippen LogP contribution is 2.44. The van der Waals surface area contributed by atoms with Gasteiger partial charge < -0.3 is 14.3 Å². The highest BCUT2D eigenvalue weighted by Gasteiger charge is 2.40. The molecule has 3 aliphatic rings. The topological polar surface area (TPSA) is 93.8 Å². The van der Waals surface area contributed by atoms with Gasteiger partial charge in [-0.2, -0.15) is 0 Å². The number of carbonyl (C=O) groups is 1. The van der Waals surface area contributed by atoms with Gasteiger partial charge in [0, 0.05) is 18.1 Å². The van der Waals surface area contributed by atoms with E-state index in [0.717, 1.165) is 24.8 Å². The molecule has 2 aliphatic carbocycles. The summed E-state index contributed by atoms with van der Waals surface area (Å²) in [6.45, 7) is 2.43. The number of carbonyl (C=O) groups excluding carboxylic acids is 1. The lowest BCUT2D eigenvalue weighted by Crippen LogP contribution is -2.46. The number of sulfone groups is 1. The maximum Gasteiger partial charge on any atom is 0.218 e. The van der Waals surface area contributed by atoms with Crippen molar-refractivity contribution in [2.75, 3.05) is 19.0 Å². The number of ketones is 1. The number of fused-ring (bicyclic) bond motifs is 1. The smallest absolute Gasteiger partial charge is 0.218 e. The van der Waals surface area contributed by atoms with Gasteiger partial charge in [0.25, 0.3) is 0 Å². The van der Waals surface area contributed by atoms with E-state index in [1.54, 1.807) is 0 Å². The Bertz CT molecular complexity index is 1120. The van der Waals surface area contributed by atoms with Gasteiger partial charge in [0.05, 0.1) is 19.5 Å². The summed E-state index contributed by atoms with van der Waals surface area (Å²) in [5.74, 6) is 0.131. The Morgan fingerprint density at radius 3 is 2.71 bits per heavy atom. The van der Waals surface area contributed by atoms with Gasteiger partial charge in [-0.05, 0) is 66.2 Å². The zero-order chi connectivity index (χ0) is 21.8. The van der Waals surface area contributed by atoms with Crippen molar-refractivity contribution in [3.63, 3.8) is 0 Å². The summed E-state index contributed by atoms with van der Waals surface area (Å²) in [5.41, 5.74) is 3.97. The largest absolute Gasteiger partial charge is 0.453 e. The molecule has 31 heavy (non-hydrogen) atoms. The first-order valence-electron chi connectivity index (χ1n) is 11.0. The van der Waals surface area contributed by atoms with Gasteiger partial charge in [-0.3, -0.25) is 4.79 Å². The van der Waals surface area contributed by atoms with Crippen LogP contribution in [0.15, 0.2) is 34.0 Å². The molecule has 2 aromatic rings. The van der Waals surface area contributed by atoms with Crippen molar-refractivity contribution in [3.05, 3.63) is 52.3 Å². The van der Waals surface area contributed by atoms with E-state index in [4.69, 9.17) is 9.15 Å². The predicted molar refractivity (Wildman–Crippen MR) is 114 cm³/mol. The number of ether oxygens (including phenoxy) is 1. The molecule has 1 aromatic carbocycles. The van der Waals surface area contributed by atoms with Crippen molar-refractivity contribution < 1.29 is 27.5 Å². The van der Waals surface area contributed by atoms with Crippen molar-refractivity contribution in [2.45, 2.75) is 62.1 Å². The van der Waals surface area contributed by atoms with Crippen LogP contribution < -0.4 is 0 Å². The zero-order valence-electron chi connectivity index (χ0n) is 17.7. The van der Waals surface area contributed by atoms with E-state index < -0.39 is 21.2 Å². The molecule has 0 radical (unpaired) electrons. The molecule has 166 valence electrons. The van der Waals surface area contributed by atoms with E-state index in [1.807, 2.05) is 0 Å². The molecule has 1 aliphatic heterocycles. The van der Waals surface area contributed by atoms with E-state index in [2.05, 4.69) is 19.1 Å². The van der Waals surface area contributed by atoms with Crippen molar-refractivity contribution >= 4 is 15.6 Å². The summed E-state index contributed by atoms with van der Waals surface area (Å²) in [7, 11) is -3.92. The quantitative estimate of drug-likeness (QED) is 0.673. The molecule has 1 aromatic heterocycles. The number of benzene rings is 1. The fourth-order valence-corrected chi connectivity index (χ4v) is 6.13. The number of aliphatic hydroxyl groups is 1. The predicted octanol–water partition coefficient (Wildman–Crippen LogP) is 3.09. The van der Waals surface area contributed by atoms with Gasteiger partial charge in [0.15, 0.2) is 5.78 Å². The number of Topliss-reactive ketones (excluding diaryl/α,β-unsaturated/α-hetero) is 1. The van der Waals surface area contributed by atoms with Crippen LogP contribution >= 0.6 is 0 Å². The Morgan fingerprint density at radius 2 is 2.03 bits per heavy atom. The first kappa shape index (κ1) is 20.9. The second-order valence-corrected chi connectivity index (χ2v) is 11.3. The van der Waals surface area contributed by atoms with Gasteiger partial charge in [-0.15, -0.1) is 0 Å². The third kappa shape index (κ3) is 3.88. The van der Waals surface area contributed by atoms with Crippen LogP contribution in [-0.4, -0.2) is 38.3 Å². The van der Waals surface area contributed by atoms with Gasteiger partial charge in [0.2, 0.25) is 14.9 Å². The number of rotatable bonds is 8. The Balaban J connectivity index is 1.36. The Hall–Kier alpha value is -1.96. The van der Waals surface area contributed by atoms with E-state index in [0.29, 0.717) is 17.4 Å². The molecule has 0 spiro atoms. The lowest BCUT2D eigenvalue weighted by atomic mass is 9.86. The second-order valence-electron chi connectivity index (χ2n) is 9.40. The van der Waals surface area contributed by atoms with Gasteiger partial charge >= 0.3 is 0 Å². The second kappa shape index (κ2) is 7.57. The van der Waals surface area contributed by atoms with Crippen LogP contribution in [0.2, 0.25) is 0 Å². The molecule has 1 atom stereocenters. The van der Waals surface area contributed by atoms with Crippen LogP contribution in [0.4, 0.5) is 0 Å². The lowest BCUT2D eigenvalue weighted by molar-refractivity contribution is -0.184. The maximum absolute atomic E-state index is 12.9. The van der Waals surface area contributed by atoms with Crippen molar-refractivity contribution in [1.29, 1.82) is 0 Å². The summed E-state index contributed by atoms with van der Waals surface area (Å²) < 4.78 is 35.9. The lowest BCUT2D eigenvalue weighted by Gasteiger charge is -2.35. The maximum atomic E-state index is 12.9. The molecule has 1 N–H and O–H groups in total. The summed E-state index contributed by atoms with van der Waals surface area (Å²) in [4.78, 5) is 12.9. The minimum Gasteiger partial charge on any atom is -0.453 e. The molecule has 7 heteroatoms. The molecular weight excluding hydrogens is 416 g/mol. The van der Waals surface area contributed by atoms with Crippen molar-refractivity contribution in [1.82, 2.24) is 0 Å². The van der Waals surface area contributed by atoms with Crippen LogP contribution in [0, 0.1) is 5.92 Å². The number of aryl methyl sites for hydroxylation is 1. The molecule has 2 heterocycles. The minimum atomic E-state index is -3.92. The summed E-state index contributed by atoms with van der Waals surface area (Å²) in [5, 5.41) is 10.0. The highest BCUT2D eigenvalue weighted by molar-refractivity contribution is 7.92. The van der Waals surface area contributed by atoms with Gasteiger partial charge in [-0.25, -0.2) is 8.42 Å². The molecule has 2 fully saturated rings. The molecule has 1 saturated carbocycles. The molecule has 0 bridgehead atoms. The monoisotopic (exact) mass is 444 g/mol. The van der Waals surface area contributed by atoms with Crippen LogP contribution in [-0.2, 0) is 44.2 Å². The fourth-order valence-electron chi connectivity index (χ4n) is 4.96. The normalized spacial score (nSPS) is 20.8. The third-order valence-electron chi connectivity index (χ3n) is 7.08. The first-order valence-corrected chi connectivity index (χ1v) is 12.7. The molecule has 1 saturated heterocycles. The van der Waals surface area contributed by atoms with Crippen LogP contribution in [0.3, 0.4) is 0 Å². The standard InChI is InChI=1S/C24H28O6S/c1-15(16-5-6-16)20-8-7-17-3-2-4-21(17)22(20)10-19(25)12-31(27,28)23-9-18(11-30-23)24(26)13-29-14-24/h7-9,11,15-16,26H,2-6,10,12-14H2,1H3/t15-/m1/s1. The molecule has 0 amide bonds. The van der Waals surface area contributed by atoms with Gasteiger partial charge in [0.1, 0.15) is 11.4 Å². The van der Waals surface area contributed by atoms with E-state index in [9.17, 15) is 18.3 Å². The third-order valence-corrected chi connectivity index (χ3v) is 8.61. The minimum absolute atomic E-state index is 0.103. The molecular formula is C24H28O6S. The fraction of sp³-hybridized carbons (Fsp3) is 0.542. The van der Waals surface area contributed by atoms with E-state index in [-0.39, 0.29) is 30.5 Å². The highest BCUT2D eigenvalue weighted by atomic mass is 32.2. The number of hydrogen-bond acceptors (Lipinski definition) is 6. The van der Waals surface area contributed by atoms with Crippen LogP contribution in [0.1, 0.15) is 59.9 Å². The average molecular weight is 445 g/mol. The Kier molecular flexibility index (Phi) is 5.11. The van der Waals surface area contributed by atoms with Crippen molar-refractivity contribution in [3.8, 4) is 0 Å². The number of furan rings is 1. The van der Waals surface area contributed by atoms with E-state index >= 15 is 0 Å². The summed E-state index contributed by atoms with van der Waals surface area (Å²) in [6, 6.07) is 5.66. The Morgan fingerprint density at radius 1 is 1.26 bits per heavy atom. The SMILES string of the molecule is C[C@@H](c1ccc2c(c1CC(=O)CS(=O)(=O)c1cc(C3(O)COC3)co1)CCC2)C1CC1. The summed E-state index contributed by atoms with van der Waals surface area (Å²) in [6.07, 6.45) is 6.88. The first-order chi connectivity index (χ1) is 14.8. The van der Waals surface area contributed by atoms with Crippen molar-refractivity contribution in [2.24, 2.45) is 5.92 Å². The molecule has 6 nitrogen and oxygen atoms in total. The summed E-state index contributed by atoms with van der Waals surface area (Å²) >= 11 is 0. The van der Waals surface area contributed by atoms with Crippen LogP contribution in [0.5, 0.6) is 0 Å². The van der Waals surface area contributed by atoms with E-state index in [1.165, 1.54) is 41.9 Å². The van der Waals surface area contributed by atoms with Gasteiger partial charge in [-0.1, -0.05) is 19.1 Å². The molecule has 5 rings (SSSR count). The average Bonchev–Trinajstić information content (AvgIpc) is 3.22. The zero-order valence-corrected chi connectivity index (χ0v) is 18.5. The number of hydrogen-bond donors (Lipinski definition) is 1. The van der Waals surface area contributed by atoms with Crippen LogP contribution in [0.25, 0.3) is 0 Å².